The van der Waals surface area contributed by atoms with Gasteiger partial charge in [0.15, 0.2) is 0 Å². The second kappa shape index (κ2) is 7.57. The Morgan fingerprint density at radius 3 is 2.55 bits per heavy atom. The van der Waals surface area contributed by atoms with Crippen LogP contribution in [0.4, 0.5) is 11.4 Å². The third-order valence-corrected chi connectivity index (χ3v) is 2.23. The molecule has 1 rings (SSSR count). The Morgan fingerprint density at radius 2 is 1.95 bits per heavy atom. The zero-order valence-electron chi connectivity index (χ0n) is 11.3. The molecule has 0 unspecified atom stereocenters. The van der Waals surface area contributed by atoms with Gasteiger partial charge >= 0.3 is 0 Å². The van der Waals surface area contributed by atoms with Crippen molar-refractivity contribution in [2.24, 2.45) is 0 Å². The molecule has 0 aliphatic heterocycles. The molecule has 0 atom stereocenters. The number of likely N-dealkylation sites (N-methyl/N-ethyl adjacent to an activating group) is 1. The predicted molar refractivity (Wildman–Crippen MR) is 76.6 cm³/mol. The monoisotopic (exact) mass is 269 g/mol. The van der Waals surface area contributed by atoms with Crippen LogP contribution in [0.25, 0.3) is 0 Å². The summed E-state index contributed by atoms with van der Waals surface area (Å²) in [6, 6.07) is 10.5. The number of rotatable bonds is 5. The fourth-order valence-corrected chi connectivity index (χ4v) is 1.42. The van der Waals surface area contributed by atoms with Crippen molar-refractivity contribution < 1.29 is 4.79 Å². The van der Waals surface area contributed by atoms with Crippen molar-refractivity contribution in [3.05, 3.63) is 36.0 Å². The van der Waals surface area contributed by atoms with E-state index in [1.807, 2.05) is 14.1 Å². The van der Waals surface area contributed by atoms with Gasteiger partial charge in [0, 0.05) is 17.6 Å². The zero-order chi connectivity index (χ0) is 15.0. The van der Waals surface area contributed by atoms with Crippen LogP contribution < -0.4 is 10.6 Å². The summed E-state index contributed by atoms with van der Waals surface area (Å²) in [5.74, 6) is -0.113. The molecule has 0 saturated heterocycles. The standard InChI is InChI=1S/C14H15N5O/c1-19(2)10-14(20)18-13-5-3-4-12(6-13)17-9-11(7-15)8-16/h3-6,9,17H,10H2,1-2H3,(H,18,20). The fraction of sp³-hybridized carbons (Fsp3) is 0.214. The quantitative estimate of drug-likeness (QED) is 0.791. The van der Waals surface area contributed by atoms with Crippen LogP contribution in [0.2, 0.25) is 0 Å². The fourth-order valence-electron chi connectivity index (χ4n) is 1.42. The number of carbonyl (C=O) groups excluding carboxylic acids is 1. The van der Waals surface area contributed by atoms with Gasteiger partial charge in [-0.2, -0.15) is 10.5 Å². The molecule has 0 saturated carbocycles. The van der Waals surface area contributed by atoms with Gasteiger partial charge < -0.3 is 15.5 Å². The lowest BCUT2D eigenvalue weighted by atomic mass is 10.2. The summed E-state index contributed by atoms with van der Waals surface area (Å²) in [7, 11) is 3.63. The molecule has 0 aliphatic rings. The van der Waals surface area contributed by atoms with E-state index in [1.165, 1.54) is 6.20 Å². The topological polar surface area (TPSA) is 91.9 Å². The first kappa shape index (κ1) is 15.2. The predicted octanol–water partition coefficient (Wildman–Crippen LogP) is 1.53. The van der Waals surface area contributed by atoms with Crippen LogP contribution in [0.3, 0.4) is 0 Å². The van der Waals surface area contributed by atoms with E-state index in [9.17, 15) is 4.79 Å². The Morgan fingerprint density at radius 1 is 1.30 bits per heavy atom. The SMILES string of the molecule is CN(C)CC(=O)Nc1cccc(NC=C(C#N)C#N)c1. The summed E-state index contributed by atoms with van der Waals surface area (Å²) in [5, 5.41) is 22.8. The van der Waals surface area contributed by atoms with Gasteiger partial charge in [0.25, 0.3) is 0 Å². The molecular formula is C14H15N5O. The van der Waals surface area contributed by atoms with E-state index in [1.54, 1.807) is 41.3 Å². The lowest BCUT2D eigenvalue weighted by Gasteiger charge is -2.11. The minimum atomic E-state index is -0.113. The summed E-state index contributed by atoms with van der Waals surface area (Å²) in [5.41, 5.74) is 1.30. The average Bonchev–Trinajstić information content (AvgIpc) is 2.39. The first-order valence-corrected chi connectivity index (χ1v) is 5.86. The lowest BCUT2D eigenvalue weighted by Crippen LogP contribution is -2.27. The number of hydrogen-bond donors (Lipinski definition) is 2. The van der Waals surface area contributed by atoms with E-state index < -0.39 is 0 Å². The highest BCUT2D eigenvalue weighted by Crippen LogP contribution is 2.15. The van der Waals surface area contributed by atoms with Crippen LogP contribution in [-0.2, 0) is 4.79 Å². The molecule has 2 N–H and O–H groups in total. The van der Waals surface area contributed by atoms with Crippen LogP contribution in [0.1, 0.15) is 0 Å². The highest BCUT2D eigenvalue weighted by Gasteiger charge is 2.03. The second-order valence-electron chi connectivity index (χ2n) is 4.29. The first-order chi connectivity index (χ1) is 9.55. The van der Waals surface area contributed by atoms with Crippen molar-refractivity contribution >= 4 is 17.3 Å². The molecule has 0 spiro atoms. The Balaban J connectivity index is 2.72. The Labute approximate surface area is 117 Å². The highest BCUT2D eigenvalue weighted by molar-refractivity contribution is 5.92. The third kappa shape index (κ3) is 5.21. The maximum Gasteiger partial charge on any atom is 0.238 e. The maximum absolute atomic E-state index is 11.6. The molecule has 0 heterocycles. The molecule has 1 aromatic rings. The summed E-state index contributed by atoms with van der Waals surface area (Å²) in [4.78, 5) is 13.4. The molecule has 1 aromatic carbocycles. The first-order valence-electron chi connectivity index (χ1n) is 5.86. The van der Waals surface area contributed by atoms with Crippen LogP contribution >= 0.6 is 0 Å². The Hall–Kier alpha value is -2.83. The van der Waals surface area contributed by atoms with E-state index >= 15 is 0 Å². The van der Waals surface area contributed by atoms with Gasteiger partial charge in [0.1, 0.15) is 17.7 Å². The van der Waals surface area contributed by atoms with Crippen molar-refractivity contribution in [2.75, 3.05) is 31.3 Å². The molecule has 0 bridgehead atoms. The van der Waals surface area contributed by atoms with Gasteiger partial charge in [-0.1, -0.05) is 6.07 Å². The van der Waals surface area contributed by atoms with E-state index in [2.05, 4.69) is 10.6 Å². The van der Waals surface area contributed by atoms with Crippen LogP contribution in [0, 0.1) is 22.7 Å². The number of anilines is 2. The lowest BCUT2D eigenvalue weighted by molar-refractivity contribution is -0.116. The van der Waals surface area contributed by atoms with Crippen LogP contribution in [0.15, 0.2) is 36.0 Å². The van der Waals surface area contributed by atoms with Gasteiger partial charge in [-0.25, -0.2) is 0 Å². The van der Waals surface area contributed by atoms with Crippen molar-refractivity contribution in [3.8, 4) is 12.1 Å². The molecule has 20 heavy (non-hydrogen) atoms. The Bertz CT molecular complexity index is 576. The van der Waals surface area contributed by atoms with Gasteiger partial charge in [0.05, 0.1) is 6.54 Å². The number of benzene rings is 1. The number of hydrogen-bond acceptors (Lipinski definition) is 5. The number of allylic oxidation sites excluding steroid dienone is 1. The number of carbonyl (C=O) groups is 1. The summed E-state index contributed by atoms with van der Waals surface area (Å²) in [6.45, 7) is 0.296. The minimum Gasteiger partial charge on any atom is -0.360 e. The molecule has 0 aliphatic carbocycles. The number of nitrogens with zero attached hydrogens (tertiary/aromatic N) is 3. The normalized spacial score (nSPS) is 9.25. The minimum absolute atomic E-state index is 0.0213. The third-order valence-electron chi connectivity index (χ3n) is 2.23. The van der Waals surface area contributed by atoms with Gasteiger partial charge in [-0.15, -0.1) is 0 Å². The molecule has 6 heteroatoms. The van der Waals surface area contributed by atoms with Crippen LogP contribution in [0.5, 0.6) is 0 Å². The number of nitrogens with one attached hydrogen (secondary N) is 2. The molecule has 0 radical (unpaired) electrons. The summed E-state index contributed by atoms with van der Waals surface area (Å²) >= 11 is 0. The van der Waals surface area contributed by atoms with E-state index in [0.717, 1.165) is 0 Å². The average molecular weight is 269 g/mol. The molecule has 0 fully saturated rings. The molecule has 6 nitrogen and oxygen atoms in total. The number of amides is 1. The second-order valence-corrected chi connectivity index (χ2v) is 4.29. The van der Waals surface area contributed by atoms with Crippen molar-refractivity contribution in [3.63, 3.8) is 0 Å². The Kier molecular flexibility index (Phi) is 5.76. The summed E-state index contributed by atoms with van der Waals surface area (Å²) in [6.07, 6.45) is 1.32. The molecule has 1 amide bonds. The van der Waals surface area contributed by atoms with Crippen molar-refractivity contribution in [1.82, 2.24) is 4.90 Å². The molecule has 0 aromatic heterocycles. The maximum atomic E-state index is 11.6. The van der Waals surface area contributed by atoms with E-state index in [4.69, 9.17) is 10.5 Å². The van der Waals surface area contributed by atoms with Crippen molar-refractivity contribution in [1.29, 1.82) is 10.5 Å². The van der Waals surface area contributed by atoms with E-state index in [0.29, 0.717) is 17.9 Å². The highest BCUT2D eigenvalue weighted by atomic mass is 16.2. The van der Waals surface area contributed by atoms with Gasteiger partial charge in [-0.3, -0.25) is 4.79 Å². The smallest absolute Gasteiger partial charge is 0.238 e. The zero-order valence-corrected chi connectivity index (χ0v) is 11.3. The summed E-state index contributed by atoms with van der Waals surface area (Å²) < 4.78 is 0. The van der Waals surface area contributed by atoms with Crippen molar-refractivity contribution in [2.45, 2.75) is 0 Å². The van der Waals surface area contributed by atoms with E-state index in [-0.39, 0.29) is 11.5 Å². The van der Waals surface area contributed by atoms with Crippen LogP contribution in [-0.4, -0.2) is 31.4 Å². The number of nitriles is 2. The largest absolute Gasteiger partial charge is 0.360 e. The molecule has 102 valence electrons. The molecular weight excluding hydrogens is 254 g/mol. The van der Waals surface area contributed by atoms with Gasteiger partial charge in [-0.05, 0) is 32.3 Å². The van der Waals surface area contributed by atoms with Gasteiger partial charge in [0.2, 0.25) is 5.91 Å².